The topological polar surface area (TPSA) is 41.9 Å². The summed E-state index contributed by atoms with van der Waals surface area (Å²) in [5, 5.41) is 2.27. The number of hydrogen-bond donors (Lipinski definition) is 0. The minimum absolute atomic E-state index is 0.648. The number of anilines is 3. The third-order valence-corrected chi connectivity index (χ3v) is 8.85. The molecule has 0 fully saturated rings. The molecule has 7 aromatic carbocycles. The SMILES string of the molecule is c1ccc(-c2nc(-c3ccccc3)nc(-c3ccc4c5c(cccc35)-c3c(-c5ccccc5)cccc3N4c3ccccc3)n2)cc1. The van der Waals surface area contributed by atoms with E-state index in [1.165, 1.54) is 27.6 Å². The van der Waals surface area contributed by atoms with Crippen LogP contribution in [0, 0.1) is 0 Å². The molecule has 0 N–H and O–H groups in total. The van der Waals surface area contributed by atoms with Crippen LogP contribution in [0.2, 0.25) is 0 Å². The van der Waals surface area contributed by atoms with Crippen LogP contribution >= 0.6 is 0 Å². The van der Waals surface area contributed by atoms with E-state index in [0.29, 0.717) is 17.5 Å². The smallest absolute Gasteiger partial charge is 0.164 e. The highest BCUT2D eigenvalue weighted by molar-refractivity contribution is 6.19. The van der Waals surface area contributed by atoms with Gasteiger partial charge in [-0.1, -0.05) is 140 Å². The molecule has 2 heterocycles. The van der Waals surface area contributed by atoms with Gasteiger partial charge in [-0.15, -0.1) is 0 Å². The monoisotopic (exact) mass is 600 g/mol. The van der Waals surface area contributed by atoms with Crippen LogP contribution in [0.3, 0.4) is 0 Å². The Labute approximate surface area is 273 Å². The Hall–Kier alpha value is -6.39. The molecule has 1 aromatic heterocycles. The Balaban J connectivity index is 1.34. The second-order valence-electron chi connectivity index (χ2n) is 11.6. The lowest BCUT2D eigenvalue weighted by Gasteiger charge is -2.35. The highest BCUT2D eigenvalue weighted by Crippen LogP contribution is 2.54. The summed E-state index contributed by atoms with van der Waals surface area (Å²) in [4.78, 5) is 17.5. The summed E-state index contributed by atoms with van der Waals surface area (Å²) in [5.74, 6) is 1.95. The third kappa shape index (κ3) is 4.58. The van der Waals surface area contributed by atoms with Gasteiger partial charge >= 0.3 is 0 Å². The van der Waals surface area contributed by atoms with Crippen LogP contribution in [0.15, 0.2) is 170 Å². The number of fused-ring (bicyclic) bond motifs is 2. The molecule has 0 unspecified atom stereocenters. The van der Waals surface area contributed by atoms with Gasteiger partial charge < -0.3 is 4.90 Å². The highest BCUT2D eigenvalue weighted by atomic mass is 15.2. The molecule has 47 heavy (non-hydrogen) atoms. The third-order valence-electron chi connectivity index (χ3n) is 8.85. The van der Waals surface area contributed by atoms with Crippen LogP contribution in [0.1, 0.15) is 0 Å². The number of hydrogen-bond acceptors (Lipinski definition) is 4. The van der Waals surface area contributed by atoms with Crippen LogP contribution in [-0.2, 0) is 0 Å². The lowest BCUT2D eigenvalue weighted by Crippen LogP contribution is -2.15. The van der Waals surface area contributed by atoms with E-state index in [4.69, 9.17) is 15.0 Å². The molecule has 0 bridgehead atoms. The van der Waals surface area contributed by atoms with Crippen LogP contribution < -0.4 is 4.90 Å². The average Bonchev–Trinajstić information content (AvgIpc) is 3.16. The predicted molar refractivity (Wildman–Crippen MR) is 193 cm³/mol. The molecule has 0 aliphatic carbocycles. The van der Waals surface area contributed by atoms with Gasteiger partial charge in [0, 0.05) is 33.3 Å². The fourth-order valence-electron chi connectivity index (χ4n) is 6.76. The van der Waals surface area contributed by atoms with E-state index >= 15 is 0 Å². The molecule has 0 saturated carbocycles. The van der Waals surface area contributed by atoms with Gasteiger partial charge in [-0.3, -0.25) is 0 Å². The first-order valence-electron chi connectivity index (χ1n) is 15.8. The van der Waals surface area contributed by atoms with Gasteiger partial charge in [-0.2, -0.15) is 0 Å². The number of benzene rings is 7. The van der Waals surface area contributed by atoms with Crippen LogP contribution in [-0.4, -0.2) is 15.0 Å². The van der Waals surface area contributed by atoms with Crippen molar-refractivity contribution in [3.8, 4) is 56.4 Å². The minimum atomic E-state index is 0.648. The van der Waals surface area contributed by atoms with Crippen LogP contribution in [0.5, 0.6) is 0 Å². The Bertz CT molecular complexity index is 2330. The fourth-order valence-corrected chi connectivity index (χ4v) is 6.76. The second-order valence-corrected chi connectivity index (χ2v) is 11.6. The maximum absolute atomic E-state index is 5.10. The Morgan fingerprint density at radius 3 is 1.51 bits per heavy atom. The van der Waals surface area contributed by atoms with E-state index in [0.717, 1.165) is 39.1 Å². The first kappa shape index (κ1) is 27.0. The minimum Gasteiger partial charge on any atom is -0.309 e. The van der Waals surface area contributed by atoms with Crippen molar-refractivity contribution in [2.45, 2.75) is 0 Å². The Kier molecular flexibility index (Phi) is 6.43. The van der Waals surface area contributed by atoms with Gasteiger partial charge in [0.15, 0.2) is 17.5 Å². The Morgan fingerprint density at radius 1 is 0.340 bits per heavy atom. The number of para-hydroxylation sites is 1. The molecule has 4 heteroatoms. The molecular formula is C43H28N4. The van der Waals surface area contributed by atoms with E-state index in [1.54, 1.807) is 0 Å². The molecule has 220 valence electrons. The second kappa shape index (κ2) is 11.2. The molecule has 9 rings (SSSR count). The summed E-state index contributed by atoms with van der Waals surface area (Å²) in [5.41, 5.74) is 11.1. The van der Waals surface area contributed by atoms with Crippen molar-refractivity contribution in [1.82, 2.24) is 15.0 Å². The average molecular weight is 601 g/mol. The van der Waals surface area contributed by atoms with E-state index in [2.05, 4.69) is 114 Å². The lowest BCUT2D eigenvalue weighted by atomic mass is 9.85. The van der Waals surface area contributed by atoms with Gasteiger partial charge in [0.05, 0.1) is 11.4 Å². The molecule has 0 amide bonds. The summed E-state index contributed by atoms with van der Waals surface area (Å²) in [6.07, 6.45) is 0. The molecule has 0 radical (unpaired) electrons. The Morgan fingerprint density at radius 2 is 0.872 bits per heavy atom. The van der Waals surface area contributed by atoms with Gasteiger partial charge in [0.25, 0.3) is 0 Å². The van der Waals surface area contributed by atoms with Gasteiger partial charge in [-0.25, -0.2) is 15.0 Å². The van der Waals surface area contributed by atoms with Gasteiger partial charge in [0.2, 0.25) is 0 Å². The van der Waals surface area contributed by atoms with Crippen molar-refractivity contribution in [3.63, 3.8) is 0 Å². The van der Waals surface area contributed by atoms with Crippen molar-refractivity contribution < 1.29 is 0 Å². The first-order chi connectivity index (χ1) is 23.3. The zero-order valence-electron chi connectivity index (χ0n) is 25.5. The number of aromatic nitrogens is 3. The number of nitrogens with zero attached hydrogens (tertiary/aromatic N) is 4. The van der Waals surface area contributed by atoms with Crippen molar-refractivity contribution in [2.24, 2.45) is 0 Å². The van der Waals surface area contributed by atoms with E-state index in [1.807, 2.05) is 60.7 Å². The lowest BCUT2D eigenvalue weighted by molar-refractivity contribution is 1.08. The molecule has 8 aromatic rings. The first-order valence-corrected chi connectivity index (χ1v) is 15.8. The van der Waals surface area contributed by atoms with Crippen molar-refractivity contribution in [1.29, 1.82) is 0 Å². The summed E-state index contributed by atoms with van der Waals surface area (Å²) in [6.45, 7) is 0. The quantitative estimate of drug-likeness (QED) is 0.197. The molecule has 1 aliphatic rings. The van der Waals surface area contributed by atoms with E-state index < -0.39 is 0 Å². The fraction of sp³-hybridized carbons (Fsp3) is 0. The van der Waals surface area contributed by atoms with E-state index in [-0.39, 0.29) is 0 Å². The maximum atomic E-state index is 5.10. The summed E-state index contributed by atoms with van der Waals surface area (Å²) >= 11 is 0. The molecule has 0 atom stereocenters. The molecular weight excluding hydrogens is 573 g/mol. The zero-order chi connectivity index (χ0) is 31.2. The van der Waals surface area contributed by atoms with Crippen molar-refractivity contribution in [3.05, 3.63) is 170 Å². The molecule has 0 spiro atoms. The maximum Gasteiger partial charge on any atom is 0.164 e. The summed E-state index contributed by atoms with van der Waals surface area (Å²) in [7, 11) is 0. The van der Waals surface area contributed by atoms with Crippen LogP contribution in [0.25, 0.3) is 67.2 Å². The molecule has 0 saturated heterocycles. The van der Waals surface area contributed by atoms with Gasteiger partial charge in [-0.05, 0) is 52.4 Å². The number of rotatable bonds is 5. The largest absolute Gasteiger partial charge is 0.309 e. The summed E-state index contributed by atoms with van der Waals surface area (Å²) < 4.78 is 0. The molecule has 4 nitrogen and oxygen atoms in total. The van der Waals surface area contributed by atoms with E-state index in [9.17, 15) is 0 Å². The molecule has 1 aliphatic heterocycles. The van der Waals surface area contributed by atoms with Crippen molar-refractivity contribution in [2.75, 3.05) is 4.90 Å². The predicted octanol–water partition coefficient (Wildman–Crippen LogP) is 11.1. The normalized spacial score (nSPS) is 11.8. The highest BCUT2D eigenvalue weighted by Gasteiger charge is 2.29. The van der Waals surface area contributed by atoms with Crippen LogP contribution in [0.4, 0.5) is 17.1 Å². The standard InChI is InChI=1S/C43H28N4/c1-5-15-29(16-6-1)33-23-14-26-37-39(33)36-25-13-24-34-35(27-28-38(40(34)36)47(37)32-21-11-4-12-22-32)43-45-41(30-17-7-2-8-18-30)44-42(46-43)31-19-9-3-10-20-31/h1-28H. The van der Waals surface area contributed by atoms with Crippen molar-refractivity contribution >= 4 is 27.8 Å². The summed E-state index contributed by atoms with van der Waals surface area (Å²) in [6, 6.07) is 59.2. The van der Waals surface area contributed by atoms with Gasteiger partial charge in [0.1, 0.15) is 0 Å². The zero-order valence-corrected chi connectivity index (χ0v) is 25.5.